The maximum Gasteiger partial charge on any atom is 0.289 e. The van der Waals surface area contributed by atoms with Crippen molar-refractivity contribution in [2.24, 2.45) is 0 Å². The number of ether oxygens (including phenoxy) is 1. The quantitative estimate of drug-likeness (QED) is 0.695. The maximum atomic E-state index is 13.8. The first-order valence-corrected chi connectivity index (χ1v) is 12.2. The lowest BCUT2D eigenvalue weighted by Gasteiger charge is -2.45. The Bertz CT molecular complexity index is 1030. The van der Waals surface area contributed by atoms with Crippen LogP contribution in [-0.4, -0.2) is 76.5 Å². The highest BCUT2D eigenvalue weighted by atomic mass is 16.5. The Morgan fingerprint density at radius 1 is 0.941 bits per heavy atom. The summed E-state index contributed by atoms with van der Waals surface area (Å²) in [6.45, 7) is 3.79. The molecule has 3 aliphatic heterocycles. The maximum absolute atomic E-state index is 13.8. The van der Waals surface area contributed by atoms with Crippen LogP contribution in [0.3, 0.4) is 0 Å². The van der Waals surface area contributed by atoms with E-state index in [1.54, 1.807) is 34.1 Å². The van der Waals surface area contributed by atoms with Crippen LogP contribution in [0.15, 0.2) is 53.1 Å². The molecule has 2 unspecified atom stereocenters. The highest BCUT2D eigenvalue weighted by Crippen LogP contribution is 2.39. The number of hydrogen-bond donors (Lipinski definition) is 0. The van der Waals surface area contributed by atoms with Crippen molar-refractivity contribution in [2.45, 2.75) is 56.8 Å². The number of hydrogen-bond acceptors (Lipinski definition) is 5. The first-order chi connectivity index (χ1) is 16.5. The van der Waals surface area contributed by atoms with Gasteiger partial charge in [-0.25, -0.2) is 0 Å². The van der Waals surface area contributed by atoms with Gasteiger partial charge in [0.25, 0.3) is 11.8 Å². The average Bonchev–Trinajstić information content (AvgIpc) is 3.53. The first kappa shape index (κ1) is 22.7. The van der Waals surface area contributed by atoms with Crippen LogP contribution in [0, 0.1) is 0 Å². The lowest BCUT2D eigenvalue weighted by atomic mass is 9.95. The Morgan fingerprint density at radius 2 is 1.71 bits per heavy atom. The highest BCUT2D eigenvalue weighted by molar-refractivity contribution is 5.98. The Morgan fingerprint density at radius 3 is 2.38 bits per heavy atom. The Labute approximate surface area is 199 Å². The summed E-state index contributed by atoms with van der Waals surface area (Å²) in [4.78, 5) is 45.6. The van der Waals surface area contributed by atoms with Gasteiger partial charge in [-0.1, -0.05) is 18.2 Å². The minimum Gasteiger partial charge on any atom is -0.459 e. The number of amides is 3. The van der Waals surface area contributed by atoms with Gasteiger partial charge in [0, 0.05) is 44.1 Å². The van der Waals surface area contributed by atoms with Crippen LogP contribution in [0.5, 0.6) is 0 Å². The SMILES string of the molecule is CC1CCCCN1C(=O)C1COC2(CCN(C(=O)c3ccco3)CC2)N1C(=O)c1ccccc1. The molecule has 8 nitrogen and oxygen atoms in total. The normalized spacial score (nSPS) is 24.4. The van der Waals surface area contributed by atoms with E-state index in [0.717, 1.165) is 19.3 Å². The number of carbonyl (C=O) groups is 3. The Balaban J connectivity index is 1.40. The molecular formula is C26H31N3O5. The molecule has 8 heteroatoms. The van der Waals surface area contributed by atoms with Gasteiger partial charge in [0.2, 0.25) is 5.91 Å². The van der Waals surface area contributed by atoms with Gasteiger partial charge in [-0.05, 0) is 50.5 Å². The third-order valence-corrected chi connectivity index (χ3v) is 7.44. The van der Waals surface area contributed by atoms with E-state index in [1.165, 1.54) is 6.26 Å². The number of nitrogens with zero attached hydrogens (tertiary/aromatic N) is 3. The van der Waals surface area contributed by atoms with E-state index < -0.39 is 11.8 Å². The zero-order chi connectivity index (χ0) is 23.7. The number of piperidine rings is 2. The number of rotatable bonds is 3. The van der Waals surface area contributed by atoms with Crippen molar-refractivity contribution in [3.8, 4) is 0 Å². The topological polar surface area (TPSA) is 83.3 Å². The summed E-state index contributed by atoms with van der Waals surface area (Å²) in [5, 5.41) is 0. The van der Waals surface area contributed by atoms with Crippen LogP contribution in [-0.2, 0) is 9.53 Å². The second-order valence-electron chi connectivity index (χ2n) is 9.46. The van der Waals surface area contributed by atoms with Crippen LogP contribution in [0.4, 0.5) is 0 Å². The number of likely N-dealkylation sites (tertiary alicyclic amines) is 2. The third kappa shape index (κ3) is 4.00. The highest BCUT2D eigenvalue weighted by Gasteiger charge is 2.55. The standard InChI is InChI=1S/C26H31N3O5/c1-19-8-5-6-14-28(19)24(31)21-18-34-26(29(21)23(30)20-9-3-2-4-10-20)12-15-27(16-13-26)25(32)22-11-7-17-33-22/h2-4,7,9-11,17,19,21H,5-6,8,12-16,18H2,1H3. The van der Waals surface area contributed by atoms with Crippen LogP contribution in [0.1, 0.15) is 59.9 Å². The van der Waals surface area contributed by atoms with Crippen LogP contribution in [0.25, 0.3) is 0 Å². The molecule has 2 aromatic rings. The second-order valence-corrected chi connectivity index (χ2v) is 9.46. The predicted molar refractivity (Wildman–Crippen MR) is 124 cm³/mol. The molecule has 4 heterocycles. The fourth-order valence-electron chi connectivity index (χ4n) is 5.51. The van der Waals surface area contributed by atoms with E-state index in [4.69, 9.17) is 9.15 Å². The molecule has 34 heavy (non-hydrogen) atoms. The van der Waals surface area contributed by atoms with Crippen molar-refractivity contribution in [1.29, 1.82) is 0 Å². The lowest BCUT2D eigenvalue weighted by molar-refractivity contribution is -0.140. The predicted octanol–water partition coefficient (Wildman–Crippen LogP) is 3.15. The molecule has 0 aliphatic carbocycles. The van der Waals surface area contributed by atoms with Gasteiger partial charge in [0.1, 0.15) is 11.8 Å². The number of furan rings is 1. The van der Waals surface area contributed by atoms with E-state index in [-0.39, 0.29) is 30.4 Å². The summed E-state index contributed by atoms with van der Waals surface area (Å²) >= 11 is 0. The Kier molecular flexibility index (Phi) is 6.16. The summed E-state index contributed by atoms with van der Waals surface area (Å²) < 4.78 is 11.6. The monoisotopic (exact) mass is 465 g/mol. The minimum atomic E-state index is -0.910. The molecular weight excluding hydrogens is 434 g/mol. The van der Waals surface area contributed by atoms with Crippen LogP contribution < -0.4 is 0 Å². The van der Waals surface area contributed by atoms with Crippen molar-refractivity contribution < 1.29 is 23.5 Å². The van der Waals surface area contributed by atoms with Crippen molar-refractivity contribution in [1.82, 2.24) is 14.7 Å². The molecule has 0 saturated carbocycles. The van der Waals surface area contributed by atoms with Crippen molar-refractivity contribution >= 4 is 17.7 Å². The van der Waals surface area contributed by atoms with Gasteiger partial charge in [-0.15, -0.1) is 0 Å². The summed E-state index contributed by atoms with van der Waals surface area (Å²) in [6, 6.07) is 11.9. The van der Waals surface area contributed by atoms with Gasteiger partial charge >= 0.3 is 0 Å². The fourth-order valence-corrected chi connectivity index (χ4v) is 5.51. The molecule has 3 fully saturated rings. The second kappa shape index (κ2) is 9.25. The smallest absolute Gasteiger partial charge is 0.289 e. The van der Waals surface area contributed by atoms with E-state index in [2.05, 4.69) is 6.92 Å². The van der Waals surface area contributed by atoms with E-state index in [0.29, 0.717) is 43.8 Å². The molecule has 3 aliphatic rings. The van der Waals surface area contributed by atoms with Crippen molar-refractivity contribution in [2.75, 3.05) is 26.2 Å². The van der Waals surface area contributed by atoms with Crippen LogP contribution >= 0.6 is 0 Å². The molecule has 1 aromatic carbocycles. The lowest BCUT2D eigenvalue weighted by Crippen LogP contribution is -2.61. The van der Waals surface area contributed by atoms with Gasteiger partial charge in [0.15, 0.2) is 5.76 Å². The molecule has 1 aromatic heterocycles. The van der Waals surface area contributed by atoms with Crippen molar-refractivity contribution in [3.63, 3.8) is 0 Å². The Hall–Kier alpha value is -3.13. The van der Waals surface area contributed by atoms with Gasteiger partial charge in [0.05, 0.1) is 12.9 Å². The molecule has 3 saturated heterocycles. The first-order valence-electron chi connectivity index (χ1n) is 12.2. The molecule has 0 radical (unpaired) electrons. The van der Waals surface area contributed by atoms with Gasteiger partial charge in [-0.3, -0.25) is 19.3 Å². The molecule has 0 N–H and O–H groups in total. The summed E-state index contributed by atoms with van der Waals surface area (Å²) in [6.07, 6.45) is 5.43. The summed E-state index contributed by atoms with van der Waals surface area (Å²) in [5.41, 5.74) is -0.377. The van der Waals surface area contributed by atoms with Crippen LogP contribution in [0.2, 0.25) is 0 Å². The molecule has 2 atom stereocenters. The largest absolute Gasteiger partial charge is 0.459 e. The minimum absolute atomic E-state index is 0.0394. The summed E-state index contributed by atoms with van der Waals surface area (Å²) in [5.74, 6) is -0.115. The molecule has 0 bridgehead atoms. The van der Waals surface area contributed by atoms with Gasteiger partial charge < -0.3 is 19.0 Å². The molecule has 180 valence electrons. The number of carbonyl (C=O) groups excluding carboxylic acids is 3. The van der Waals surface area contributed by atoms with E-state index in [1.807, 2.05) is 23.1 Å². The zero-order valence-electron chi connectivity index (χ0n) is 19.5. The zero-order valence-corrected chi connectivity index (χ0v) is 19.5. The molecule has 3 amide bonds. The number of benzene rings is 1. The van der Waals surface area contributed by atoms with E-state index >= 15 is 0 Å². The molecule has 1 spiro atoms. The van der Waals surface area contributed by atoms with Crippen molar-refractivity contribution in [3.05, 3.63) is 60.1 Å². The van der Waals surface area contributed by atoms with Gasteiger partial charge in [-0.2, -0.15) is 0 Å². The fraction of sp³-hybridized carbons (Fsp3) is 0.500. The third-order valence-electron chi connectivity index (χ3n) is 7.44. The molecule has 5 rings (SSSR count). The van der Waals surface area contributed by atoms with E-state index in [9.17, 15) is 14.4 Å². The summed E-state index contributed by atoms with van der Waals surface area (Å²) in [7, 11) is 0. The average molecular weight is 466 g/mol.